The molecule has 2 heteroatoms. The number of nitrogen functional groups attached to an aromatic ring is 1. The predicted molar refractivity (Wildman–Crippen MR) is 76.9 cm³/mol. The summed E-state index contributed by atoms with van der Waals surface area (Å²) in [6.07, 6.45) is 2.18. The van der Waals surface area contributed by atoms with Crippen molar-refractivity contribution in [1.82, 2.24) is 0 Å². The van der Waals surface area contributed by atoms with Gasteiger partial charge in [0.25, 0.3) is 0 Å². The molecule has 1 aliphatic heterocycles. The molecular formula is C16H18N2. The van der Waals surface area contributed by atoms with Crippen molar-refractivity contribution in [3.63, 3.8) is 0 Å². The Morgan fingerprint density at radius 3 is 2.67 bits per heavy atom. The maximum Gasteiger partial charge on any atom is 0.0399 e. The van der Waals surface area contributed by atoms with Gasteiger partial charge in [-0.15, -0.1) is 0 Å². The van der Waals surface area contributed by atoms with Gasteiger partial charge in [-0.05, 0) is 36.1 Å². The van der Waals surface area contributed by atoms with E-state index in [4.69, 9.17) is 5.73 Å². The minimum Gasteiger partial charge on any atom is -0.399 e. The van der Waals surface area contributed by atoms with E-state index in [1.54, 1.807) is 0 Å². The average Bonchev–Trinajstić information content (AvgIpc) is 2.81. The Hall–Kier alpha value is -1.96. The van der Waals surface area contributed by atoms with Crippen molar-refractivity contribution >= 4 is 11.4 Å². The molecule has 2 N–H and O–H groups in total. The Balaban J connectivity index is 1.71. The van der Waals surface area contributed by atoms with Crippen LogP contribution in [0.25, 0.3) is 0 Å². The standard InChI is InChI=1S/C16H18N2/c17-15-7-3-1-5-13(15)9-11-18-12-10-14-6-2-4-8-16(14)18/h1-8H,9-12,17H2. The number of hydrogen-bond donors (Lipinski definition) is 1. The quantitative estimate of drug-likeness (QED) is 0.833. The third-order valence-electron chi connectivity index (χ3n) is 3.69. The van der Waals surface area contributed by atoms with E-state index in [1.165, 1.54) is 23.2 Å². The first-order valence-corrected chi connectivity index (χ1v) is 6.51. The molecule has 0 bridgehead atoms. The van der Waals surface area contributed by atoms with E-state index >= 15 is 0 Å². The third-order valence-corrected chi connectivity index (χ3v) is 3.69. The zero-order valence-corrected chi connectivity index (χ0v) is 10.5. The molecule has 0 fully saturated rings. The number of rotatable bonds is 3. The van der Waals surface area contributed by atoms with E-state index in [-0.39, 0.29) is 0 Å². The van der Waals surface area contributed by atoms with E-state index in [0.29, 0.717) is 0 Å². The number of nitrogens with zero attached hydrogens (tertiary/aromatic N) is 1. The molecule has 0 saturated carbocycles. The lowest BCUT2D eigenvalue weighted by Crippen LogP contribution is -2.23. The van der Waals surface area contributed by atoms with Crippen LogP contribution in [-0.2, 0) is 12.8 Å². The molecule has 18 heavy (non-hydrogen) atoms. The number of benzene rings is 2. The van der Waals surface area contributed by atoms with Crippen LogP contribution in [0.2, 0.25) is 0 Å². The monoisotopic (exact) mass is 238 g/mol. The van der Waals surface area contributed by atoms with Crippen LogP contribution in [0.1, 0.15) is 11.1 Å². The Labute approximate surface area is 108 Å². The van der Waals surface area contributed by atoms with Crippen LogP contribution in [0.4, 0.5) is 11.4 Å². The number of nitrogens with two attached hydrogens (primary N) is 1. The summed E-state index contributed by atoms with van der Waals surface area (Å²) in [4.78, 5) is 2.46. The van der Waals surface area contributed by atoms with Crippen LogP contribution in [-0.4, -0.2) is 13.1 Å². The maximum absolute atomic E-state index is 5.98. The predicted octanol–water partition coefficient (Wildman–Crippen LogP) is 2.87. The van der Waals surface area contributed by atoms with E-state index in [0.717, 1.165) is 25.2 Å². The molecule has 0 atom stereocenters. The molecule has 2 aromatic carbocycles. The highest BCUT2D eigenvalue weighted by Gasteiger charge is 2.17. The van der Waals surface area contributed by atoms with Crippen LogP contribution in [0.15, 0.2) is 48.5 Å². The SMILES string of the molecule is Nc1ccccc1CCN1CCc2ccccc21. The van der Waals surface area contributed by atoms with Crippen LogP contribution >= 0.6 is 0 Å². The first-order valence-electron chi connectivity index (χ1n) is 6.51. The van der Waals surface area contributed by atoms with Gasteiger partial charge in [0.05, 0.1) is 0 Å². The zero-order valence-electron chi connectivity index (χ0n) is 10.5. The lowest BCUT2D eigenvalue weighted by Gasteiger charge is -2.19. The van der Waals surface area contributed by atoms with Gasteiger partial charge in [0, 0.05) is 24.5 Å². The molecule has 92 valence electrons. The zero-order chi connectivity index (χ0) is 12.4. The van der Waals surface area contributed by atoms with E-state index in [1.807, 2.05) is 12.1 Å². The first kappa shape index (κ1) is 11.1. The first-order chi connectivity index (χ1) is 8.84. The van der Waals surface area contributed by atoms with Gasteiger partial charge in [-0.25, -0.2) is 0 Å². The largest absolute Gasteiger partial charge is 0.399 e. The minimum absolute atomic E-state index is 0.907. The molecule has 0 unspecified atom stereocenters. The van der Waals surface area contributed by atoms with Crippen LogP contribution < -0.4 is 10.6 Å². The summed E-state index contributed by atoms with van der Waals surface area (Å²) in [7, 11) is 0. The Bertz CT molecular complexity index is 548. The molecule has 0 saturated heterocycles. The van der Waals surface area contributed by atoms with Crippen LogP contribution in [0.3, 0.4) is 0 Å². The van der Waals surface area contributed by atoms with Crippen molar-refractivity contribution in [1.29, 1.82) is 0 Å². The summed E-state index contributed by atoms with van der Waals surface area (Å²) in [6, 6.07) is 16.8. The van der Waals surface area contributed by atoms with Gasteiger partial charge in [0.1, 0.15) is 0 Å². The van der Waals surface area contributed by atoms with Gasteiger partial charge in [-0.2, -0.15) is 0 Å². The highest BCUT2D eigenvalue weighted by atomic mass is 15.1. The number of fused-ring (bicyclic) bond motifs is 1. The molecule has 1 aliphatic rings. The van der Waals surface area contributed by atoms with Gasteiger partial charge in [0.15, 0.2) is 0 Å². The second-order valence-corrected chi connectivity index (χ2v) is 4.81. The fourth-order valence-corrected chi connectivity index (χ4v) is 2.66. The fourth-order valence-electron chi connectivity index (χ4n) is 2.66. The Morgan fingerprint density at radius 1 is 1.00 bits per heavy atom. The fraction of sp³-hybridized carbons (Fsp3) is 0.250. The van der Waals surface area contributed by atoms with Crippen LogP contribution in [0.5, 0.6) is 0 Å². The molecule has 0 spiro atoms. The second kappa shape index (κ2) is 4.73. The maximum atomic E-state index is 5.98. The van der Waals surface area contributed by atoms with Crippen LogP contribution in [0, 0.1) is 0 Å². The molecule has 1 heterocycles. The number of hydrogen-bond acceptors (Lipinski definition) is 2. The molecule has 0 radical (unpaired) electrons. The third kappa shape index (κ3) is 2.06. The van der Waals surface area contributed by atoms with Gasteiger partial charge in [-0.3, -0.25) is 0 Å². The minimum atomic E-state index is 0.907. The summed E-state index contributed by atoms with van der Waals surface area (Å²) in [5, 5.41) is 0. The molecule has 0 aliphatic carbocycles. The van der Waals surface area contributed by atoms with Crippen molar-refractivity contribution in [2.45, 2.75) is 12.8 Å². The topological polar surface area (TPSA) is 29.3 Å². The molecule has 2 nitrogen and oxygen atoms in total. The summed E-state index contributed by atoms with van der Waals surface area (Å²) < 4.78 is 0. The average molecular weight is 238 g/mol. The molecule has 0 amide bonds. The highest BCUT2D eigenvalue weighted by Crippen LogP contribution is 2.27. The van der Waals surface area contributed by atoms with Crippen molar-refractivity contribution in [3.8, 4) is 0 Å². The molecule has 2 aromatic rings. The van der Waals surface area contributed by atoms with Gasteiger partial charge in [-0.1, -0.05) is 36.4 Å². The van der Waals surface area contributed by atoms with Gasteiger partial charge < -0.3 is 10.6 Å². The number of anilines is 2. The van der Waals surface area contributed by atoms with E-state index in [9.17, 15) is 0 Å². The number of para-hydroxylation sites is 2. The normalized spacial score (nSPS) is 13.7. The van der Waals surface area contributed by atoms with Gasteiger partial charge >= 0.3 is 0 Å². The van der Waals surface area contributed by atoms with Gasteiger partial charge in [0.2, 0.25) is 0 Å². The lowest BCUT2D eigenvalue weighted by molar-refractivity contribution is 0.814. The Morgan fingerprint density at radius 2 is 1.78 bits per heavy atom. The summed E-state index contributed by atoms with van der Waals surface area (Å²) in [5.74, 6) is 0. The van der Waals surface area contributed by atoms with E-state index in [2.05, 4.69) is 41.3 Å². The summed E-state index contributed by atoms with van der Waals surface area (Å²) >= 11 is 0. The molecular weight excluding hydrogens is 220 g/mol. The van der Waals surface area contributed by atoms with Crippen molar-refractivity contribution in [3.05, 3.63) is 59.7 Å². The van der Waals surface area contributed by atoms with E-state index < -0.39 is 0 Å². The summed E-state index contributed by atoms with van der Waals surface area (Å²) in [5.41, 5.74) is 11.0. The van der Waals surface area contributed by atoms with Crippen molar-refractivity contribution in [2.75, 3.05) is 23.7 Å². The smallest absolute Gasteiger partial charge is 0.0399 e. The van der Waals surface area contributed by atoms with Crippen molar-refractivity contribution < 1.29 is 0 Å². The highest BCUT2D eigenvalue weighted by molar-refractivity contribution is 5.58. The molecule has 3 rings (SSSR count). The molecule has 0 aromatic heterocycles. The van der Waals surface area contributed by atoms with Crippen molar-refractivity contribution in [2.24, 2.45) is 0 Å². The second-order valence-electron chi connectivity index (χ2n) is 4.81. The Kier molecular flexibility index (Phi) is 2.93. The lowest BCUT2D eigenvalue weighted by atomic mass is 10.1. The summed E-state index contributed by atoms with van der Waals surface area (Å²) in [6.45, 7) is 2.18.